The van der Waals surface area contributed by atoms with E-state index in [2.05, 4.69) is 15.4 Å². The van der Waals surface area contributed by atoms with Crippen molar-refractivity contribution in [3.05, 3.63) is 66.7 Å². The van der Waals surface area contributed by atoms with Crippen LogP contribution in [-0.4, -0.2) is 40.9 Å². The Hall–Kier alpha value is -2.99. The number of nitrogens with one attached hydrogen (secondary N) is 1. The van der Waals surface area contributed by atoms with Crippen LogP contribution in [0.2, 0.25) is 0 Å². The summed E-state index contributed by atoms with van der Waals surface area (Å²) in [5.41, 5.74) is 3.57. The number of nitrogens with zero attached hydrogens (tertiary/aromatic N) is 3. The van der Waals surface area contributed by atoms with Gasteiger partial charge in [0.05, 0.1) is 18.5 Å². The highest BCUT2D eigenvalue weighted by atomic mass is 16.5. The third-order valence-electron chi connectivity index (χ3n) is 3.58. The molecule has 0 saturated carbocycles. The van der Waals surface area contributed by atoms with Crippen molar-refractivity contribution >= 4 is 5.91 Å². The molecule has 0 fully saturated rings. The molecule has 0 bridgehead atoms. The Morgan fingerprint density at radius 1 is 1.12 bits per heavy atom. The summed E-state index contributed by atoms with van der Waals surface area (Å²) < 4.78 is 6.69. The van der Waals surface area contributed by atoms with E-state index in [4.69, 9.17) is 4.74 Å². The molecule has 3 rings (SSSR count). The van der Waals surface area contributed by atoms with Crippen molar-refractivity contribution in [3.8, 4) is 16.8 Å². The van der Waals surface area contributed by atoms with Crippen LogP contribution in [0.25, 0.3) is 16.8 Å². The number of aromatic nitrogens is 3. The summed E-state index contributed by atoms with van der Waals surface area (Å²) in [5.74, 6) is -0.114. The van der Waals surface area contributed by atoms with Crippen LogP contribution in [0.3, 0.4) is 0 Å². The van der Waals surface area contributed by atoms with Crippen LogP contribution in [0.4, 0.5) is 0 Å². The minimum Gasteiger partial charge on any atom is -0.383 e. The van der Waals surface area contributed by atoms with Crippen LogP contribution in [0, 0.1) is 0 Å². The highest BCUT2D eigenvalue weighted by molar-refractivity contribution is 5.94. The van der Waals surface area contributed by atoms with E-state index in [0.29, 0.717) is 18.7 Å². The number of pyridine rings is 1. The summed E-state index contributed by atoms with van der Waals surface area (Å²) in [4.78, 5) is 16.0. The number of amides is 1. The van der Waals surface area contributed by atoms with Gasteiger partial charge in [-0.2, -0.15) is 5.10 Å². The van der Waals surface area contributed by atoms with Gasteiger partial charge in [0, 0.05) is 43.4 Å². The van der Waals surface area contributed by atoms with Gasteiger partial charge in [-0.05, 0) is 42.0 Å². The average Bonchev–Trinajstić information content (AvgIpc) is 3.13. The highest BCUT2D eigenvalue weighted by Crippen LogP contribution is 2.19. The summed E-state index contributed by atoms with van der Waals surface area (Å²) in [6.07, 6.45) is 7.26. The standard InChI is InChI=1S/C18H18N4O2/c1-24-11-10-20-18(23)15-2-4-17(5-3-15)22-13-16(12-21-22)14-6-8-19-9-7-14/h2-9,12-13H,10-11H2,1H3,(H,20,23). The molecule has 1 N–H and O–H groups in total. The van der Waals surface area contributed by atoms with E-state index < -0.39 is 0 Å². The summed E-state index contributed by atoms with van der Waals surface area (Å²) in [6.45, 7) is 0.987. The molecular formula is C18H18N4O2. The van der Waals surface area contributed by atoms with E-state index in [0.717, 1.165) is 16.8 Å². The monoisotopic (exact) mass is 322 g/mol. The van der Waals surface area contributed by atoms with E-state index in [-0.39, 0.29) is 5.91 Å². The molecule has 0 aliphatic heterocycles. The second-order valence-electron chi connectivity index (χ2n) is 5.21. The average molecular weight is 322 g/mol. The topological polar surface area (TPSA) is 69.0 Å². The molecule has 0 radical (unpaired) electrons. The maximum absolute atomic E-state index is 12.0. The molecule has 6 heteroatoms. The van der Waals surface area contributed by atoms with Crippen molar-refractivity contribution in [1.82, 2.24) is 20.1 Å². The van der Waals surface area contributed by atoms with Crippen LogP contribution in [0.5, 0.6) is 0 Å². The number of rotatable bonds is 6. The lowest BCUT2D eigenvalue weighted by Gasteiger charge is -2.06. The second kappa shape index (κ2) is 7.52. The summed E-state index contributed by atoms with van der Waals surface area (Å²) >= 11 is 0. The number of ether oxygens (including phenoxy) is 1. The Morgan fingerprint density at radius 3 is 2.58 bits per heavy atom. The first-order chi connectivity index (χ1) is 11.8. The molecule has 2 aromatic heterocycles. The first-order valence-electron chi connectivity index (χ1n) is 7.60. The third kappa shape index (κ3) is 3.67. The van der Waals surface area contributed by atoms with E-state index in [9.17, 15) is 4.79 Å². The molecule has 1 aromatic carbocycles. The van der Waals surface area contributed by atoms with Gasteiger partial charge in [0.25, 0.3) is 5.91 Å². The first kappa shape index (κ1) is 15.9. The molecule has 6 nitrogen and oxygen atoms in total. The fourth-order valence-corrected chi connectivity index (χ4v) is 2.29. The SMILES string of the molecule is COCCNC(=O)c1ccc(-n2cc(-c3ccncc3)cn2)cc1. The lowest BCUT2D eigenvalue weighted by Crippen LogP contribution is -2.26. The molecule has 0 aliphatic carbocycles. The van der Waals surface area contributed by atoms with E-state index in [1.807, 2.05) is 30.5 Å². The number of benzene rings is 1. The molecule has 0 spiro atoms. The van der Waals surface area contributed by atoms with E-state index in [1.165, 1.54) is 0 Å². The number of carbonyl (C=O) groups is 1. The minimum atomic E-state index is -0.114. The van der Waals surface area contributed by atoms with Gasteiger partial charge in [-0.25, -0.2) is 4.68 Å². The first-order valence-corrected chi connectivity index (χ1v) is 7.60. The summed E-state index contributed by atoms with van der Waals surface area (Å²) in [6, 6.07) is 11.2. The smallest absolute Gasteiger partial charge is 0.251 e. The maximum atomic E-state index is 12.0. The molecule has 3 aromatic rings. The van der Waals surface area contributed by atoms with Crippen molar-refractivity contribution in [3.63, 3.8) is 0 Å². The zero-order valence-electron chi connectivity index (χ0n) is 13.3. The maximum Gasteiger partial charge on any atom is 0.251 e. The normalized spacial score (nSPS) is 10.5. The predicted octanol–water partition coefficient (Wildman–Crippen LogP) is 2.31. The third-order valence-corrected chi connectivity index (χ3v) is 3.58. The molecule has 24 heavy (non-hydrogen) atoms. The van der Waals surface area contributed by atoms with Crippen molar-refractivity contribution in [2.75, 3.05) is 20.3 Å². The van der Waals surface area contributed by atoms with Gasteiger partial charge in [0.15, 0.2) is 0 Å². The van der Waals surface area contributed by atoms with Crippen LogP contribution < -0.4 is 5.32 Å². The number of carbonyl (C=O) groups excluding carboxylic acids is 1. The molecular weight excluding hydrogens is 304 g/mol. The van der Waals surface area contributed by atoms with Crippen molar-refractivity contribution in [2.24, 2.45) is 0 Å². The van der Waals surface area contributed by atoms with Gasteiger partial charge in [-0.1, -0.05) is 0 Å². The van der Waals surface area contributed by atoms with Gasteiger partial charge >= 0.3 is 0 Å². The zero-order chi connectivity index (χ0) is 16.8. The largest absolute Gasteiger partial charge is 0.383 e. The molecule has 0 unspecified atom stereocenters. The Bertz CT molecular complexity index is 797. The second-order valence-corrected chi connectivity index (χ2v) is 5.21. The van der Waals surface area contributed by atoms with Crippen molar-refractivity contribution < 1.29 is 9.53 Å². The Morgan fingerprint density at radius 2 is 1.88 bits per heavy atom. The lowest BCUT2D eigenvalue weighted by atomic mass is 10.1. The molecule has 122 valence electrons. The minimum absolute atomic E-state index is 0.114. The van der Waals surface area contributed by atoms with Crippen LogP contribution >= 0.6 is 0 Å². The van der Waals surface area contributed by atoms with Gasteiger partial charge in [-0.3, -0.25) is 9.78 Å². The lowest BCUT2D eigenvalue weighted by molar-refractivity contribution is 0.0937. The van der Waals surface area contributed by atoms with E-state index >= 15 is 0 Å². The summed E-state index contributed by atoms with van der Waals surface area (Å²) in [7, 11) is 1.60. The highest BCUT2D eigenvalue weighted by Gasteiger charge is 2.07. The number of hydrogen-bond acceptors (Lipinski definition) is 4. The van der Waals surface area contributed by atoms with Crippen molar-refractivity contribution in [1.29, 1.82) is 0 Å². The molecule has 2 heterocycles. The summed E-state index contributed by atoms with van der Waals surface area (Å²) in [5, 5.41) is 7.17. The van der Waals surface area contributed by atoms with Crippen LogP contribution in [-0.2, 0) is 4.74 Å². The number of methoxy groups -OCH3 is 1. The predicted molar refractivity (Wildman–Crippen MR) is 91.0 cm³/mol. The number of hydrogen-bond donors (Lipinski definition) is 1. The van der Waals surface area contributed by atoms with Gasteiger partial charge in [0.2, 0.25) is 0 Å². The molecule has 1 amide bonds. The Kier molecular flexibility index (Phi) is 4.98. The Labute approximate surface area is 140 Å². The Balaban J connectivity index is 1.72. The fourth-order valence-electron chi connectivity index (χ4n) is 2.29. The fraction of sp³-hybridized carbons (Fsp3) is 0.167. The van der Waals surface area contributed by atoms with Gasteiger partial charge < -0.3 is 10.1 Å². The van der Waals surface area contributed by atoms with Crippen molar-refractivity contribution in [2.45, 2.75) is 0 Å². The zero-order valence-corrected chi connectivity index (χ0v) is 13.3. The van der Waals surface area contributed by atoms with Gasteiger partial charge in [0.1, 0.15) is 0 Å². The quantitative estimate of drug-likeness (QED) is 0.707. The van der Waals surface area contributed by atoms with E-state index in [1.54, 1.807) is 42.5 Å². The van der Waals surface area contributed by atoms with Crippen LogP contribution in [0.15, 0.2) is 61.2 Å². The van der Waals surface area contributed by atoms with Gasteiger partial charge in [-0.15, -0.1) is 0 Å². The molecule has 0 saturated heterocycles. The molecule has 0 aliphatic rings. The van der Waals surface area contributed by atoms with Crippen LogP contribution in [0.1, 0.15) is 10.4 Å². The molecule has 0 atom stereocenters.